The molecular weight excluding hydrogens is 246 g/mol. The molecule has 1 aromatic carbocycles. The summed E-state index contributed by atoms with van der Waals surface area (Å²) in [5.74, 6) is 0.590. The first-order chi connectivity index (χ1) is 8.70. The first-order valence-electron chi connectivity index (χ1n) is 6.35. The second kappa shape index (κ2) is 8.40. The van der Waals surface area contributed by atoms with Crippen molar-refractivity contribution >= 4 is 10.8 Å². The second-order valence-electron chi connectivity index (χ2n) is 4.23. The molecule has 1 rings (SSSR count). The molecule has 0 aliphatic carbocycles. The predicted molar refractivity (Wildman–Crippen MR) is 77.2 cm³/mol. The molecule has 0 saturated carbocycles. The van der Waals surface area contributed by atoms with Crippen LogP contribution in [0.15, 0.2) is 30.3 Å². The summed E-state index contributed by atoms with van der Waals surface area (Å²) < 4.78 is 17.2. The summed E-state index contributed by atoms with van der Waals surface area (Å²) in [6.45, 7) is 5.52. The summed E-state index contributed by atoms with van der Waals surface area (Å²) in [5.41, 5.74) is 1.19. The van der Waals surface area contributed by atoms with E-state index in [9.17, 15) is 4.21 Å². The van der Waals surface area contributed by atoms with Gasteiger partial charge in [0.2, 0.25) is 0 Å². The Bertz CT molecular complexity index is 356. The first kappa shape index (κ1) is 15.3. The van der Waals surface area contributed by atoms with Gasteiger partial charge in [-0.2, -0.15) is 0 Å². The fourth-order valence-corrected chi connectivity index (χ4v) is 3.20. The maximum absolute atomic E-state index is 12.2. The van der Waals surface area contributed by atoms with Gasteiger partial charge in [-0.25, -0.2) is 0 Å². The van der Waals surface area contributed by atoms with Crippen LogP contribution in [0.5, 0.6) is 0 Å². The highest BCUT2D eigenvalue weighted by Crippen LogP contribution is 2.20. The quantitative estimate of drug-likeness (QED) is 0.785. The van der Waals surface area contributed by atoms with Crippen LogP contribution in [0.4, 0.5) is 0 Å². The molecule has 0 fully saturated rings. The van der Waals surface area contributed by atoms with Gasteiger partial charge in [-0.3, -0.25) is 4.21 Å². The monoisotopic (exact) mass is 269 g/mol. The van der Waals surface area contributed by atoms with Crippen LogP contribution in [-0.4, -0.2) is 35.5 Å². The Balaban J connectivity index is 2.75. The highest BCUT2D eigenvalue weighted by atomic mass is 32.2. The number of rotatable bonds is 8. The average Bonchev–Trinajstić information content (AvgIpc) is 2.42. The summed E-state index contributed by atoms with van der Waals surface area (Å²) >= 11 is 0. The molecule has 0 spiro atoms. The smallest absolute Gasteiger partial charge is 0.0577 e. The van der Waals surface area contributed by atoms with Gasteiger partial charge in [0.05, 0.1) is 11.9 Å². The number of benzene rings is 1. The van der Waals surface area contributed by atoms with Crippen molar-refractivity contribution < 1.29 is 8.95 Å². The summed E-state index contributed by atoms with van der Waals surface area (Å²) in [7, 11) is 0.756. The topological polar surface area (TPSA) is 38.3 Å². The van der Waals surface area contributed by atoms with Crippen LogP contribution in [-0.2, 0) is 15.5 Å². The molecule has 0 aliphatic heterocycles. The lowest BCUT2D eigenvalue weighted by atomic mass is 10.0. The van der Waals surface area contributed by atoms with Crippen molar-refractivity contribution in [3.8, 4) is 0 Å². The standard InChI is InChI=1S/C14H23NO2S/c1-4-15-14(13-8-6-5-7-9-13)12(2)18(16)11-10-17-3/h5-9,12,14-15H,4,10-11H2,1-3H3. The van der Waals surface area contributed by atoms with E-state index in [1.807, 2.05) is 25.1 Å². The van der Waals surface area contributed by atoms with E-state index < -0.39 is 10.8 Å². The van der Waals surface area contributed by atoms with E-state index in [1.54, 1.807) is 7.11 Å². The van der Waals surface area contributed by atoms with Gasteiger partial charge < -0.3 is 10.1 Å². The van der Waals surface area contributed by atoms with Gasteiger partial charge in [-0.15, -0.1) is 0 Å². The molecule has 1 N–H and O–H groups in total. The molecule has 102 valence electrons. The third-order valence-electron chi connectivity index (χ3n) is 2.96. The molecule has 0 aromatic heterocycles. The first-order valence-corrected chi connectivity index (χ1v) is 7.73. The fraction of sp³-hybridized carbons (Fsp3) is 0.571. The van der Waals surface area contributed by atoms with Crippen molar-refractivity contribution in [3.63, 3.8) is 0 Å². The minimum atomic E-state index is -0.884. The Morgan fingerprint density at radius 1 is 1.33 bits per heavy atom. The van der Waals surface area contributed by atoms with Gasteiger partial charge in [0.25, 0.3) is 0 Å². The maximum atomic E-state index is 12.2. The normalized spacial score (nSPS) is 16.2. The highest BCUT2D eigenvalue weighted by molar-refractivity contribution is 7.85. The van der Waals surface area contributed by atoms with Crippen LogP contribution in [0.2, 0.25) is 0 Å². The molecule has 0 saturated heterocycles. The Morgan fingerprint density at radius 2 is 2.00 bits per heavy atom. The summed E-state index contributed by atoms with van der Waals surface area (Å²) in [4.78, 5) is 0. The molecule has 1 aromatic rings. The van der Waals surface area contributed by atoms with Crippen molar-refractivity contribution in [1.29, 1.82) is 0 Å². The Hall–Kier alpha value is -0.710. The van der Waals surface area contributed by atoms with E-state index in [-0.39, 0.29) is 11.3 Å². The van der Waals surface area contributed by atoms with Crippen molar-refractivity contribution in [1.82, 2.24) is 5.32 Å². The van der Waals surface area contributed by atoms with E-state index in [2.05, 4.69) is 24.4 Å². The van der Waals surface area contributed by atoms with E-state index >= 15 is 0 Å². The average molecular weight is 269 g/mol. The summed E-state index contributed by atoms with van der Waals surface area (Å²) in [5, 5.41) is 3.49. The number of ether oxygens (including phenoxy) is 1. The minimum Gasteiger partial charge on any atom is -0.384 e. The molecule has 0 heterocycles. The van der Waals surface area contributed by atoms with Crippen LogP contribution in [0.25, 0.3) is 0 Å². The van der Waals surface area contributed by atoms with E-state index in [0.717, 1.165) is 6.54 Å². The number of methoxy groups -OCH3 is 1. The zero-order valence-electron chi connectivity index (χ0n) is 11.4. The maximum Gasteiger partial charge on any atom is 0.0577 e. The minimum absolute atomic E-state index is 0.0718. The van der Waals surface area contributed by atoms with Gasteiger partial charge in [0, 0.05) is 29.7 Å². The van der Waals surface area contributed by atoms with Gasteiger partial charge >= 0.3 is 0 Å². The van der Waals surface area contributed by atoms with Crippen LogP contribution in [0.1, 0.15) is 25.5 Å². The molecular formula is C14H23NO2S. The van der Waals surface area contributed by atoms with E-state index in [0.29, 0.717) is 12.4 Å². The molecule has 3 atom stereocenters. The summed E-state index contributed by atoms with van der Waals surface area (Å²) in [6.07, 6.45) is 0. The lowest BCUT2D eigenvalue weighted by Gasteiger charge is -2.24. The molecule has 0 amide bonds. The highest BCUT2D eigenvalue weighted by Gasteiger charge is 2.23. The second-order valence-corrected chi connectivity index (χ2v) is 6.14. The molecule has 3 unspecified atom stereocenters. The van der Waals surface area contributed by atoms with Crippen molar-refractivity contribution in [2.45, 2.75) is 25.1 Å². The van der Waals surface area contributed by atoms with Gasteiger partial charge in [-0.1, -0.05) is 37.3 Å². The Kier molecular flexibility index (Phi) is 7.16. The molecule has 18 heavy (non-hydrogen) atoms. The van der Waals surface area contributed by atoms with Crippen LogP contribution < -0.4 is 5.32 Å². The number of hydrogen-bond donors (Lipinski definition) is 1. The van der Waals surface area contributed by atoms with Crippen molar-refractivity contribution in [2.24, 2.45) is 0 Å². The van der Waals surface area contributed by atoms with E-state index in [4.69, 9.17) is 4.74 Å². The number of nitrogens with one attached hydrogen (secondary N) is 1. The largest absolute Gasteiger partial charge is 0.384 e. The van der Waals surface area contributed by atoms with Crippen molar-refractivity contribution in [2.75, 3.05) is 26.0 Å². The summed E-state index contributed by atoms with van der Waals surface area (Å²) in [6, 6.07) is 10.3. The molecule has 0 radical (unpaired) electrons. The Morgan fingerprint density at radius 3 is 2.56 bits per heavy atom. The zero-order valence-corrected chi connectivity index (χ0v) is 12.2. The van der Waals surface area contributed by atoms with Crippen LogP contribution >= 0.6 is 0 Å². The molecule has 4 heteroatoms. The van der Waals surface area contributed by atoms with Gasteiger partial charge in [0.15, 0.2) is 0 Å². The van der Waals surface area contributed by atoms with Crippen molar-refractivity contribution in [3.05, 3.63) is 35.9 Å². The third kappa shape index (κ3) is 4.52. The van der Waals surface area contributed by atoms with Gasteiger partial charge in [-0.05, 0) is 19.0 Å². The third-order valence-corrected chi connectivity index (χ3v) is 4.63. The van der Waals surface area contributed by atoms with Crippen LogP contribution in [0.3, 0.4) is 0 Å². The lowest BCUT2D eigenvalue weighted by molar-refractivity contribution is 0.217. The van der Waals surface area contributed by atoms with Crippen LogP contribution in [0, 0.1) is 0 Å². The van der Waals surface area contributed by atoms with Gasteiger partial charge in [0.1, 0.15) is 0 Å². The lowest BCUT2D eigenvalue weighted by Crippen LogP contribution is -2.34. The molecule has 3 nitrogen and oxygen atoms in total. The SMILES string of the molecule is CCNC(c1ccccc1)C(C)S(=O)CCOC. The predicted octanol–water partition coefficient (Wildman–Crippen LogP) is 2.12. The van der Waals surface area contributed by atoms with E-state index in [1.165, 1.54) is 5.56 Å². The molecule has 0 bridgehead atoms. The number of hydrogen-bond acceptors (Lipinski definition) is 3. The zero-order chi connectivity index (χ0) is 13.4. The molecule has 0 aliphatic rings. The Labute approximate surface area is 112 Å². The fourth-order valence-electron chi connectivity index (χ4n) is 1.94.